The number of para-hydroxylation sites is 6. The molecule has 2 heterocycles. The molecule has 0 atom stereocenters. The Morgan fingerprint density at radius 2 is 0.630 bits per heavy atom. The monoisotopic (exact) mass is 592 g/mol. The summed E-state index contributed by atoms with van der Waals surface area (Å²) in [6, 6.07) is 58.6. The minimum atomic E-state index is 0.826. The third-order valence-corrected chi connectivity index (χ3v) is 8.62. The van der Waals surface area contributed by atoms with Crippen LogP contribution in [0.15, 0.2) is 179 Å². The maximum Gasteiger partial charge on any atom is 0.159 e. The van der Waals surface area contributed by atoms with Crippen molar-refractivity contribution in [1.29, 1.82) is 0 Å². The Bertz CT molecular complexity index is 2210. The zero-order chi connectivity index (χ0) is 30.5. The summed E-state index contributed by atoms with van der Waals surface area (Å²) >= 11 is 0. The van der Waals surface area contributed by atoms with E-state index in [-0.39, 0.29) is 0 Å². The van der Waals surface area contributed by atoms with Crippen molar-refractivity contribution in [3.63, 3.8) is 0 Å². The standard InChI is InChI=1S/C42H28N2O2/c1-5-15-29(16-6-1)43(30-17-7-2-8-18-30)35-25-13-23-33-39-37(45-41(33)35)27-28-38-40(39)34-24-14-26-36(42(34)46-38)44(31-19-9-3-10-20-31)32-21-11-4-12-22-32/h1-28H. The maximum atomic E-state index is 6.76. The van der Waals surface area contributed by atoms with Crippen molar-refractivity contribution in [1.82, 2.24) is 0 Å². The quantitative estimate of drug-likeness (QED) is 0.192. The number of benzene rings is 7. The summed E-state index contributed by atoms with van der Waals surface area (Å²) < 4.78 is 13.5. The van der Waals surface area contributed by atoms with Gasteiger partial charge in [0.15, 0.2) is 11.2 Å². The summed E-state index contributed by atoms with van der Waals surface area (Å²) in [7, 11) is 0. The van der Waals surface area contributed by atoms with E-state index in [1.807, 2.05) is 36.4 Å². The van der Waals surface area contributed by atoms with Crippen molar-refractivity contribution >= 4 is 78.0 Å². The second-order valence-electron chi connectivity index (χ2n) is 11.3. The lowest BCUT2D eigenvalue weighted by molar-refractivity contribution is 0.663. The maximum absolute atomic E-state index is 6.76. The minimum Gasteiger partial charge on any atom is -0.454 e. The summed E-state index contributed by atoms with van der Waals surface area (Å²) in [6.45, 7) is 0. The van der Waals surface area contributed by atoms with E-state index in [4.69, 9.17) is 8.83 Å². The summed E-state index contributed by atoms with van der Waals surface area (Å²) in [5.74, 6) is 0. The van der Waals surface area contributed by atoms with Gasteiger partial charge >= 0.3 is 0 Å². The van der Waals surface area contributed by atoms with Gasteiger partial charge in [0.05, 0.1) is 11.4 Å². The Labute approximate surface area is 265 Å². The molecule has 0 spiro atoms. The molecule has 4 nitrogen and oxygen atoms in total. The Morgan fingerprint density at radius 3 is 0.957 bits per heavy atom. The lowest BCUT2D eigenvalue weighted by Gasteiger charge is -2.25. The van der Waals surface area contributed by atoms with Crippen LogP contribution in [0.2, 0.25) is 0 Å². The molecule has 0 saturated carbocycles. The SMILES string of the molecule is c1ccc(N(c2ccccc2)c2cccc3c2oc2ccc4oc5c(N(c6ccccc6)c6ccccc6)cccc5c4c23)cc1. The molecule has 0 aliphatic carbocycles. The van der Waals surface area contributed by atoms with E-state index < -0.39 is 0 Å². The van der Waals surface area contributed by atoms with E-state index in [1.165, 1.54) is 0 Å². The van der Waals surface area contributed by atoms with Gasteiger partial charge < -0.3 is 18.6 Å². The highest BCUT2D eigenvalue weighted by atomic mass is 16.3. The van der Waals surface area contributed by atoms with Gasteiger partial charge in [-0.25, -0.2) is 0 Å². The molecule has 9 rings (SSSR count). The fourth-order valence-electron chi connectivity index (χ4n) is 6.66. The van der Waals surface area contributed by atoms with Gasteiger partial charge in [-0.15, -0.1) is 0 Å². The van der Waals surface area contributed by atoms with Crippen LogP contribution in [-0.2, 0) is 0 Å². The van der Waals surface area contributed by atoms with E-state index >= 15 is 0 Å². The molecule has 0 N–H and O–H groups in total. The molecule has 0 fully saturated rings. The molecule has 7 aromatic carbocycles. The molecule has 0 bridgehead atoms. The first-order valence-electron chi connectivity index (χ1n) is 15.4. The van der Waals surface area contributed by atoms with Crippen LogP contribution in [0.25, 0.3) is 43.9 Å². The molecule has 0 saturated heterocycles. The number of rotatable bonds is 6. The van der Waals surface area contributed by atoms with Crippen molar-refractivity contribution in [2.45, 2.75) is 0 Å². The van der Waals surface area contributed by atoms with Gasteiger partial charge in [-0.1, -0.05) is 97.1 Å². The largest absolute Gasteiger partial charge is 0.454 e. The average Bonchev–Trinajstić information content (AvgIpc) is 3.70. The average molecular weight is 593 g/mol. The highest BCUT2D eigenvalue weighted by molar-refractivity contribution is 6.28. The summed E-state index contributed by atoms with van der Waals surface area (Å²) in [4.78, 5) is 4.51. The number of hydrogen-bond acceptors (Lipinski definition) is 4. The fourth-order valence-corrected chi connectivity index (χ4v) is 6.66. The highest BCUT2D eigenvalue weighted by Crippen LogP contribution is 2.47. The van der Waals surface area contributed by atoms with Crippen LogP contribution in [0.4, 0.5) is 34.1 Å². The third-order valence-electron chi connectivity index (χ3n) is 8.62. The zero-order valence-corrected chi connectivity index (χ0v) is 24.9. The van der Waals surface area contributed by atoms with Gasteiger partial charge in [0.2, 0.25) is 0 Å². The number of furan rings is 2. The zero-order valence-electron chi connectivity index (χ0n) is 24.9. The van der Waals surface area contributed by atoms with Gasteiger partial charge in [-0.05, 0) is 72.8 Å². The van der Waals surface area contributed by atoms with Crippen LogP contribution >= 0.6 is 0 Å². The van der Waals surface area contributed by atoms with Gasteiger partial charge in [-0.2, -0.15) is 0 Å². The van der Waals surface area contributed by atoms with E-state index in [1.54, 1.807) is 0 Å². The Balaban J connectivity index is 1.31. The molecule has 0 amide bonds. The van der Waals surface area contributed by atoms with Crippen LogP contribution in [0.5, 0.6) is 0 Å². The number of nitrogens with zero attached hydrogens (tertiary/aromatic N) is 2. The van der Waals surface area contributed by atoms with Crippen LogP contribution in [0.1, 0.15) is 0 Å². The van der Waals surface area contributed by atoms with E-state index in [0.29, 0.717) is 0 Å². The Morgan fingerprint density at radius 1 is 0.304 bits per heavy atom. The number of hydrogen-bond donors (Lipinski definition) is 0. The molecular weight excluding hydrogens is 564 g/mol. The van der Waals surface area contributed by atoms with Gasteiger partial charge in [-0.3, -0.25) is 0 Å². The Kier molecular flexibility index (Phi) is 6.10. The molecule has 2 aromatic heterocycles. The fraction of sp³-hybridized carbons (Fsp3) is 0. The highest BCUT2D eigenvalue weighted by Gasteiger charge is 2.24. The summed E-state index contributed by atoms with van der Waals surface area (Å²) in [5.41, 5.74) is 9.52. The molecule has 4 heteroatoms. The number of fused-ring (bicyclic) bond motifs is 7. The Hall–Kier alpha value is -6.26. The molecule has 0 aliphatic heterocycles. The van der Waals surface area contributed by atoms with Crippen molar-refractivity contribution in [2.24, 2.45) is 0 Å². The first-order chi connectivity index (χ1) is 22.8. The molecule has 9 aromatic rings. The topological polar surface area (TPSA) is 32.8 Å². The van der Waals surface area contributed by atoms with Crippen molar-refractivity contribution in [2.75, 3.05) is 9.80 Å². The molecule has 0 radical (unpaired) electrons. The van der Waals surface area contributed by atoms with E-state index in [0.717, 1.165) is 78.0 Å². The number of anilines is 6. The third kappa shape index (κ3) is 4.15. The lowest BCUT2D eigenvalue weighted by atomic mass is 10.0. The lowest BCUT2D eigenvalue weighted by Crippen LogP contribution is -2.09. The second kappa shape index (κ2) is 10.7. The van der Waals surface area contributed by atoms with Crippen molar-refractivity contribution < 1.29 is 8.83 Å². The van der Waals surface area contributed by atoms with Crippen molar-refractivity contribution in [3.05, 3.63) is 170 Å². The molecule has 46 heavy (non-hydrogen) atoms. The van der Waals surface area contributed by atoms with Gasteiger partial charge in [0.1, 0.15) is 11.2 Å². The van der Waals surface area contributed by atoms with Crippen LogP contribution in [0.3, 0.4) is 0 Å². The molecular formula is C42H28N2O2. The smallest absolute Gasteiger partial charge is 0.159 e. The van der Waals surface area contributed by atoms with Gasteiger partial charge in [0, 0.05) is 44.3 Å². The molecule has 218 valence electrons. The first-order valence-corrected chi connectivity index (χ1v) is 15.4. The first kappa shape index (κ1) is 26.2. The molecule has 0 aliphatic rings. The van der Waals surface area contributed by atoms with E-state index in [2.05, 4.69) is 143 Å². The van der Waals surface area contributed by atoms with Crippen LogP contribution in [-0.4, -0.2) is 0 Å². The predicted octanol–water partition coefficient (Wildman–Crippen LogP) is 12.4. The summed E-state index contributed by atoms with van der Waals surface area (Å²) in [5, 5.41) is 4.20. The van der Waals surface area contributed by atoms with Gasteiger partial charge in [0.25, 0.3) is 0 Å². The minimum absolute atomic E-state index is 0.826. The van der Waals surface area contributed by atoms with Crippen molar-refractivity contribution in [3.8, 4) is 0 Å². The molecule has 0 unspecified atom stereocenters. The van der Waals surface area contributed by atoms with E-state index in [9.17, 15) is 0 Å². The van der Waals surface area contributed by atoms with Crippen LogP contribution in [0, 0.1) is 0 Å². The predicted molar refractivity (Wildman–Crippen MR) is 190 cm³/mol. The normalized spacial score (nSPS) is 11.5. The van der Waals surface area contributed by atoms with Crippen LogP contribution < -0.4 is 9.80 Å². The second-order valence-corrected chi connectivity index (χ2v) is 11.3. The summed E-state index contributed by atoms with van der Waals surface area (Å²) in [6.07, 6.45) is 0.